The number of carbonyl (C=O) groups is 1. The van der Waals surface area contributed by atoms with Crippen LogP contribution in [0, 0.1) is 23.0 Å². The van der Waals surface area contributed by atoms with Crippen molar-refractivity contribution < 1.29 is 18.3 Å². The van der Waals surface area contributed by atoms with E-state index < -0.39 is 17.7 Å². The van der Waals surface area contributed by atoms with Crippen LogP contribution in [-0.2, 0) is 4.74 Å². The Morgan fingerprint density at radius 1 is 1.35 bits per heavy atom. The Kier molecular flexibility index (Phi) is 4.04. The lowest BCUT2D eigenvalue weighted by Crippen LogP contribution is -2.67. The largest absolute Gasteiger partial charge is 0.377 e. The summed E-state index contributed by atoms with van der Waals surface area (Å²) < 4.78 is 32.0. The molecule has 2 amide bonds. The van der Waals surface area contributed by atoms with E-state index in [2.05, 4.69) is 24.5 Å². The zero-order valence-corrected chi connectivity index (χ0v) is 13.5. The van der Waals surface area contributed by atoms with Gasteiger partial charge in [-0.25, -0.2) is 13.6 Å². The van der Waals surface area contributed by atoms with Gasteiger partial charge in [-0.1, -0.05) is 19.9 Å². The van der Waals surface area contributed by atoms with Gasteiger partial charge in [0.05, 0.1) is 12.1 Å². The molecule has 23 heavy (non-hydrogen) atoms. The van der Waals surface area contributed by atoms with Crippen LogP contribution in [0.4, 0.5) is 13.6 Å². The molecule has 0 radical (unpaired) electrons. The summed E-state index contributed by atoms with van der Waals surface area (Å²) in [6.07, 6.45) is 1.16. The fourth-order valence-electron chi connectivity index (χ4n) is 3.86. The van der Waals surface area contributed by atoms with Crippen molar-refractivity contribution in [3.8, 4) is 0 Å². The molecule has 1 aliphatic heterocycles. The first-order chi connectivity index (χ1) is 10.8. The maximum atomic E-state index is 13.3. The van der Waals surface area contributed by atoms with Crippen LogP contribution in [-0.4, -0.2) is 24.8 Å². The van der Waals surface area contributed by atoms with E-state index in [1.807, 2.05) is 0 Å². The average molecular weight is 324 g/mol. The number of hydrogen-bond acceptors (Lipinski definition) is 2. The van der Waals surface area contributed by atoms with Gasteiger partial charge in [0.2, 0.25) is 0 Å². The first-order valence-electron chi connectivity index (χ1n) is 7.94. The molecule has 1 heterocycles. The predicted molar refractivity (Wildman–Crippen MR) is 81.9 cm³/mol. The van der Waals surface area contributed by atoms with E-state index in [1.165, 1.54) is 6.07 Å². The lowest BCUT2D eigenvalue weighted by Gasteiger charge is -2.54. The number of carbonyl (C=O) groups excluding carboxylic acids is 1. The van der Waals surface area contributed by atoms with E-state index in [1.54, 1.807) is 6.92 Å². The van der Waals surface area contributed by atoms with E-state index in [0.29, 0.717) is 11.5 Å². The molecule has 0 aromatic heterocycles. The van der Waals surface area contributed by atoms with Crippen molar-refractivity contribution in [1.82, 2.24) is 10.6 Å². The Bertz CT molecular complexity index is 621. The van der Waals surface area contributed by atoms with Gasteiger partial charge in [0.1, 0.15) is 0 Å². The fraction of sp³-hybridized carbons (Fsp3) is 0.588. The Balaban J connectivity index is 1.60. The van der Waals surface area contributed by atoms with Crippen molar-refractivity contribution in [1.29, 1.82) is 0 Å². The third-order valence-corrected chi connectivity index (χ3v) is 5.18. The number of rotatable bonds is 3. The van der Waals surface area contributed by atoms with Crippen LogP contribution in [0.25, 0.3) is 0 Å². The number of urea groups is 1. The van der Waals surface area contributed by atoms with Gasteiger partial charge >= 0.3 is 6.03 Å². The molecule has 6 heteroatoms. The summed E-state index contributed by atoms with van der Waals surface area (Å²) in [5.41, 5.74) is 0.429. The number of hydrogen-bond donors (Lipinski definition) is 2. The van der Waals surface area contributed by atoms with Crippen LogP contribution in [0.2, 0.25) is 0 Å². The number of ether oxygens (including phenoxy) is 1. The molecule has 2 fully saturated rings. The van der Waals surface area contributed by atoms with Gasteiger partial charge in [-0.3, -0.25) is 0 Å². The molecular formula is C17H22F2N2O2. The number of fused-ring (bicyclic) bond motifs is 1. The van der Waals surface area contributed by atoms with Crippen molar-refractivity contribution in [3.05, 3.63) is 35.4 Å². The normalized spacial score (nSPS) is 29.3. The topological polar surface area (TPSA) is 50.4 Å². The van der Waals surface area contributed by atoms with Crippen LogP contribution in [0.1, 0.15) is 38.8 Å². The molecule has 4 atom stereocenters. The molecule has 1 aliphatic carbocycles. The minimum absolute atomic E-state index is 0.0622. The molecule has 0 spiro atoms. The minimum Gasteiger partial charge on any atom is -0.377 e. The van der Waals surface area contributed by atoms with E-state index >= 15 is 0 Å². The Hall–Kier alpha value is -1.69. The summed E-state index contributed by atoms with van der Waals surface area (Å²) in [6.45, 7) is 6.65. The summed E-state index contributed by atoms with van der Waals surface area (Å²) in [5.74, 6) is -1.45. The summed E-state index contributed by atoms with van der Waals surface area (Å²) in [6, 6.07) is 2.99. The number of nitrogens with one attached hydrogen (secondary N) is 2. The molecule has 3 rings (SSSR count). The minimum atomic E-state index is -0.914. The van der Waals surface area contributed by atoms with Crippen LogP contribution in [0.3, 0.4) is 0 Å². The van der Waals surface area contributed by atoms with E-state index in [0.717, 1.165) is 25.2 Å². The van der Waals surface area contributed by atoms with Gasteiger partial charge < -0.3 is 15.4 Å². The van der Waals surface area contributed by atoms with Gasteiger partial charge in [-0.05, 0) is 31.0 Å². The van der Waals surface area contributed by atoms with Crippen LogP contribution in [0.5, 0.6) is 0 Å². The number of halogens is 2. The number of amides is 2. The highest BCUT2D eigenvalue weighted by Crippen LogP contribution is 2.52. The van der Waals surface area contributed by atoms with Gasteiger partial charge in [0.15, 0.2) is 11.6 Å². The molecule has 2 N–H and O–H groups in total. The van der Waals surface area contributed by atoms with E-state index in [-0.39, 0.29) is 23.6 Å². The van der Waals surface area contributed by atoms with Crippen molar-refractivity contribution in [2.45, 2.75) is 45.4 Å². The highest BCUT2D eigenvalue weighted by atomic mass is 19.2. The quantitative estimate of drug-likeness (QED) is 0.897. The fourth-order valence-corrected chi connectivity index (χ4v) is 3.86. The molecule has 1 aromatic carbocycles. The van der Waals surface area contributed by atoms with Gasteiger partial charge in [0, 0.05) is 24.0 Å². The maximum absolute atomic E-state index is 13.3. The number of benzene rings is 1. The maximum Gasteiger partial charge on any atom is 0.315 e. The Morgan fingerprint density at radius 2 is 2.09 bits per heavy atom. The van der Waals surface area contributed by atoms with Gasteiger partial charge in [0.25, 0.3) is 0 Å². The molecule has 1 aromatic rings. The first kappa shape index (κ1) is 16.2. The second kappa shape index (κ2) is 5.74. The molecular weight excluding hydrogens is 302 g/mol. The summed E-state index contributed by atoms with van der Waals surface area (Å²) in [7, 11) is 0. The molecule has 126 valence electrons. The Labute approximate surface area is 134 Å². The Morgan fingerprint density at radius 3 is 2.78 bits per heavy atom. The molecule has 0 bridgehead atoms. The molecule has 0 unspecified atom stereocenters. The van der Waals surface area contributed by atoms with Crippen LogP contribution < -0.4 is 10.6 Å². The lowest BCUT2D eigenvalue weighted by atomic mass is 9.57. The van der Waals surface area contributed by atoms with Crippen molar-refractivity contribution in [2.24, 2.45) is 11.3 Å². The van der Waals surface area contributed by atoms with Crippen molar-refractivity contribution in [3.63, 3.8) is 0 Å². The van der Waals surface area contributed by atoms with Crippen molar-refractivity contribution >= 4 is 6.03 Å². The summed E-state index contributed by atoms with van der Waals surface area (Å²) in [5, 5.41) is 5.79. The first-order valence-corrected chi connectivity index (χ1v) is 7.94. The smallest absolute Gasteiger partial charge is 0.315 e. The third kappa shape index (κ3) is 2.80. The van der Waals surface area contributed by atoms with Crippen LogP contribution >= 0.6 is 0 Å². The van der Waals surface area contributed by atoms with E-state index in [9.17, 15) is 13.6 Å². The average Bonchev–Trinajstić information content (AvgIpc) is 2.94. The predicted octanol–water partition coefficient (Wildman–Crippen LogP) is 3.14. The second-order valence-corrected chi connectivity index (χ2v) is 7.06. The van der Waals surface area contributed by atoms with Gasteiger partial charge in [-0.15, -0.1) is 0 Å². The van der Waals surface area contributed by atoms with Crippen LogP contribution in [0.15, 0.2) is 18.2 Å². The SMILES string of the molecule is C[C@H](NC(=O)N[C@@H]1[C@H]2CCO[C@@H]2C1(C)C)c1ccc(F)c(F)c1. The molecule has 1 saturated heterocycles. The molecule has 1 saturated carbocycles. The lowest BCUT2D eigenvalue weighted by molar-refractivity contribution is -0.108. The molecule has 2 aliphatic rings. The zero-order valence-electron chi connectivity index (χ0n) is 13.5. The monoisotopic (exact) mass is 324 g/mol. The highest BCUT2D eigenvalue weighted by Gasteiger charge is 2.59. The zero-order chi connectivity index (χ0) is 16.8. The van der Waals surface area contributed by atoms with E-state index in [4.69, 9.17) is 4.74 Å². The van der Waals surface area contributed by atoms with Crippen molar-refractivity contribution in [2.75, 3.05) is 6.61 Å². The van der Waals surface area contributed by atoms with Gasteiger partial charge in [-0.2, -0.15) is 0 Å². The highest BCUT2D eigenvalue weighted by molar-refractivity contribution is 5.75. The molecule has 4 nitrogen and oxygen atoms in total. The second-order valence-electron chi connectivity index (χ2n) is 7.06. The standard InChI is InChI=1S/C17H22F2N2O2/c1-9(10-4-5-12(18)13(19)8-10)20-16(22)21-14-11-6-7-23-15(11)17(14,2)3/h4-5,8-9,11,14-15H,6-7H2,1-3H3,(H2,20,21,22)/t9-,11+,14+,15-/m0/s1. The summed E-state index contributed by atoms with van der Waals surface area (Å²) in [4.78, 5) is 12.2. The summed E-state index contributed by atoms with van der Waals surface area (Å²) >= 11 is 0. The third-order valence-electron chi connectivity index (χ3n) is 5.18.